The fourth-order valence-electron chi connectivity index (χ4n) is 4.34. The molecule has 3 unspecified atom stereocenters. The minimum atomic E-state index is -3.80. The number of halogens is 3. The number of aliphatic imine (C=N–C) groups is 1. The Morgan fingerprint density at radius 3 is 2.75 bits per heavy atom. The molecule has 2 aliphatic heterocycles. The zero-order chi connectivity index (χ0) is 23.3. The number of rotatable bonds is 3. The van der Waals surface area contributed by atoms with Gasteiger partial charge in [-0.2, -0.15) is 0 Å². The molecule has 8 nitrogen and oxygen atoms in total. The van der Waals surface area contributed by atoms with E-state index < -0.39 is 55.0 Å². The van der Waals surface area contributed by atoms with Crippen LogP contribution in [0, 0.1) is 11.7 Å². The zero-order valence-corrected chi connectivity index (χ0v) is 18.6. The normalized spacial score (nSPS) is 31.6. The zero-order valence-electron chi connectivity index (χ0n) is 17.1. The highest BCUT2D eigenvalue weighted by Gasteiger charge is 2.58. The number of aromatic nitrogens is 1. The van der Waals surface area contributed by atoms with Crippen molar-refractivity contribution in [3.8, 4) is 0 Å². The summed E-state index contributed by atoms with van der Waals surface area (Å²) in [7, 11) is -3.80. The molecule has 172 valence electrons. The van der Waals surface area contributed by atoms with E-state index in [-0.39, 0.29) is 42.6 Å². The number of sulfone groups is 1. The van der Waals surface area contributed by atoms with E-state index in [9.17, 15) is 22.0 Å². The Morgan fingerprint density at radius 1 is 1.38 bits per heavy atom. The third kappa shape index (κ3) is 3.71. The fourth-order valence-corrected chi connectivity index (χ4v) is 6.82. The molecule has 3 aliphatic rings. The highest BCUT2D eigenvalue weighted by atomic mass is 35.5. The Hall–Kier alpha value is -2.37. The second kappa shape index (κ2) is 7.89. The molecule has 12 heteroatoms. The summed E-state index contributed by atoms with van der Waals surface area (Å²) >= 11 is 5.66. The molecule has 0 bridgehead atoms. The first-order valence-electron chi connectivity index (χ1n) is 9.82. The van der Waals surface area contributed by atoms with Crippen LogP contribution in [0.3, 0.4) is 0 Å². The Bertz CT molecular complexity index is 1180. The van der Waals surface area contributed by atoms with Crippen molar-refractivity contribution < 1.29 is 26.7 Å². The number of amides is 1. The highest BCUT2D eigenvalue weighted by molar-refractivity contribution is 7.93. The molecule has 3 N–H and O–H groups in total. The molecule has 1 fully saturated rings. The first-order valence-corrected chi connectivity index (χ1v) is 11.8. The molecule has 1 aromatic rings. The van der Waals surface area contributed by atoms with Gasteiger partial charge in [0, 0.05) is 24.4 Å². The van der Waals surface area contributed by atoms with Crippen LogP contribution >= 0.6 is 11.6 Å². The molecule has 1 amide bonds. The average Bonchev–Trinajstić information content (AvgIpc) is 3.19. The summed E-state index contributed by atoms with van der Waals surface area (Å²) in [6.07, 6.45) is 3.71. The molecular formula is C20H21ClF2N4O4S. The van der Waals surface area contributed by atoms with Crippen LogP contribution in [0.4, 0.5) is 8.78 Å². The van der Waals surface area contributed by atoms with Gasteiger partial charge in [-0.15, -0.1) is 0 Å². The third-order valence-electron chi connectivity index (χ3n) is 6.15. The molecule has 1 aromatic heterocycles. The lowest BCUT2D eigenvalue weighted by atomic mass is 9.80. The van der Waals surface area contributed by atoms with Crippen LogP contribution in [0.1, 0.15) is 30.3 Å². The van der Waals surface area contributed by atoms with Crippen LogP contribution < -0.4 is 11.1 Å². The topological polar surface area (TPSA) is 124 Å². The summed E-state index contributed by atoms with van der Waals surface area (Å²) in [5.74, 6) is -3.86. The molecule has 0 aromatic carbocycles. The number of hydrogen-bond acceptors (Lipinski definition) is 7. The van der Waals surface area contributed by atoms with E-state index >= 15 is 0 Å². The number of carbonyl (C=O) groups is 1. The predicted molar refractivity (Wildman–Crippen MR) is 114 cm³/mol. The van der Waals surface area contributed by atoms with E-state index in [1.165, 1.54) is 13.0 Å². The van der Waals surface area contributed by atoms with Crippen LogP contribution in [0.15, 0.2) is 40.9 Å². The monoisotopic (exact) mass is 486 g/mol. The van der Waals surface area contributed by atoms with Crippen molar-refractivity contribution in [1.29, 1.82) is 0 Å². The number of hydrogen-bond donors (Lipinski definition) is 2. The maximum atomic E-state index is 14.9. The number of ether oxygens (including phenoxy) is 1. The van der Waals surface area contributed by atoms with Gasteiger partial charge in [-0.25, -0.2) is 22.2 Å². The summed E-state index contributed by atoms with van der Waals surface area (Å²) < 4.78 is 59.1. The second-order valence-corrected chi connectivity index (χ2v) is 11.1. The van der Waals surface area contributed by atoms with Crippen molar-refractivity contribution in [2.45, 2.75) is 30.1 Å². The van der Waals surface area contributed by atoms with Crippen molar-refractivity contribution in [1.82, 2.24) is 10.3 Å². The largest absolute Gasteiger partial charge is 0.386 e. The summed E-state index contributed by atoms with van der Waals surface area (Å²) in [5, 5.41) is 2.53. The number of pyridine rings is 1. The van der Waals surface area contributed by atoms with Crippen LogP contribution in [-0.4, -0.2) is 54.4 Å². The maximum absolute atomic E-state index is 14.9. The van der Waals surface area contributed by atoms with Crippen LogP contribution in [-0.2, 0) is 14.6 Å². The van der Waals surface area contributed by atoms with E-state index in [0.29, 0.717) is 0 Å². The van der Waals surface area contributed by atoms with Crippen LogP contribution in [0.5, 0.6) is 0 Å². The van der Waals surface area contributed by atoms with E-state index in [1.54, 1.807) is 0 Å². The Morgan fingerprint density at radius 2 is 2.12 bits per heavy atom. The van der Waals surface area contributed by atoms with Crippen molar-refractivity contribution in [2.75, 3.05) is 19.0 Å². The third-order valence-corrected chi connectivity index (χ3v) is 9.05. The molecule has 0 radical (unpaired) electrons. The molecule has 3 heterocycles. The fraction of sp³-hybridized carbons (Fsp3) is 0.450. The van der Waals surface area contributed by atoms with Crippen molar-refractivity contribution in [3.05, 3.63) is 52.5 Å². The van der Waals surface area contributed by atoms with Gasteiger partial charge in [0.1, 0.15) is 11.7 Å². The van der Waals surface area contributed by atoms with Gasteiger partial charge >= 0.3 is 0 Å². The molecule has 32 heavy (non-hydrogen) atoms. The van der Waals surface area contributed by atoms with E-state index in [0.717, 1.165) is 18.3 Å². The van der Waals surface area contributed by atoms with E-state index in [4.69, 9.17) is 22.1 Å². The van der Waals surface area contributed by atoms with Gasteiger partial charge in [0.05, 0.1) is 22.9 Å². The minimum absolute atomic E-state index is 0.0355. The number of nitrogens with one attached hydrogen (secondary N) is 1. The van der Waals surface area contributed by atoms with Gasteiger partial charge in [-0.05, 0) is 38.0 Å². The van der Waals surface area contributed by atoms with Crippen LogP contribution in [0.25, 0.3) is 0 Å². The molecule has 0 saturated carbocycles. The Balaban J connectivity index is 1.59. The second-order valence-electron chi connectivity index (χ2n) is 8.35. The van der Waals surface area contributed by atoms with E-state index in [2.05, 4.69) is 15.3 Å². The predicted octanol–water partition coefficient (Wildman–Crippen LogP) is 2.06. The highest BCUT2D eigenvalue weighted by Crippen LogP contribution is 2.44. The quantitative estimate of drug-likeness (QED) is 0.674. The molecule has 1 aliphatic carbocycles. The van der Waals surface area contributed by atoms with Crippen molar-refractivity contribution >= 4 is 33.2 Å². The molecule has 1 saturated heterocycles. The van der Waals surface area contributed by atoms with Gasteiger partial charge < -0.3 is 15.8 Å². The molecule has 3 atom stereocenters. The number of carbonyl (C=O) groups excluding carboxylic acids is 1. The first kappa shape index (κ1) is 22.8. The smallest absolute Gasteiger partial charge is 0.277 e. The first-order chi connectivity index (χ1) is 15.0. The van der Waals surface area contributed by atoms with Gasteiger partial charge in [-0.3, -0.25) is 9.79 Å². The van der Waals surface area contributed by atoms with Gasteiger partial charge in [0.15, 0.2) is 26.1 Å². The SMILES string of the molecule is CC1(C2CC(NC(=O)c3ncc(Cl)cc3F)=CC=C2F)CS(=O)(=O)C2(CCOC2)C(N)=N1. The van der Waals surface area contributed by atoms with Crippen molar-refractivity contribution in [2.24, 2.45) is 16.6 Å². The molecular weight excluding hydrogens is 466 g/mol. The number of nitrogens with zero attached hydrogens (tertiary/aromatic N) is 2. The summed E-state index contributed by atoms with van der Waals surface area (Å²) in [4.78, 5) is 20.6. The maximum Gasteiger partial charge on any atom is 0.277 e. The Kier molecular flexibility index (Phi) is 5.62. The van der Waals surface area contributed by atoms with Crippen LogP contribution in [0.2, 0.25) is 5.02 Å². The summed E-state index contributed by atoms with van der Waals surface area (Å²) in [5.41, 5.74) is 4.49. The van der Waals surface area contributed by atoms with Gasteiger partial charge in [-0.1, -0.05) is 11.6 Å². The van der Waals surface area contributed by atoms with E-state index in [1.807, 2.05) is 0 Å². The van der Waals surface area contributed by atoms with Crippen molar-refractivity contribution in [3.63, 3.8) is 0 Å². The average molecular weight is 487 g/mol. The lowest BCUT2D eigenvalue weighted by Gasteiger charge is -2.42. The lowest BCUT2D eigenvalue weighted by molar-refractivity contribution is 0.0952. The molecule has 4 rings (SSSR count). The Labute approximate surface area is 188 Å². The lowest BCUT2D eigenvalue weighted by Crippen LogP contribution is -2.61. The molecule has 1 spiro atoms. The number of allylic oxidation sites excluding steroid dienone is 3. The minimum Gasteiger partial charge on any atom is -0.386 e. The van der Waals surface area contributed by atoms with Gasteiger partial charge in [0.25, 0.3) is 5.91 Å². The summed E-state index contributed by atoms with van der Waals surface area (Å²) in [6.45, 7) is 1.69. The number of amidine groups is 1. The van der Waals surface area contributed by atoms with Gasteiger partial charge in [0.2, 0.25) is 0 Å². The summed E-state index contributed by atoms with van der Waals surface area (Å²) in [6, 6.07) is 0.953. The standard InChI is InChI=1S/C20H21ClF2N4O4S/c1-19(10-32(29,30)20(18(24)27-19)4-5-31-9-20)13-7-12(2-3-14(13)22)26-17(28)16-15(23)6-11(21)8-25-16/h2-3,6,8,13H,4-5,7,9-10H2,1H3,(H2,24,27)(H,26,28). The number of nitrogens with two attached hydrogens (primary N) is 1.